The van der Waals surface area contributed by atoms with Crippen LogP contribution in [0.3, 0.4) is 0 Å². The first-order valence-corrected chi connectivity index (χ1v) is 12.1. The van der Waals surface area contributed by atoms with E-state index in [1.807, 2.05) is 36.4 Å². The number of ether oxygens (including phenoxy) is 1. The molecule has 4 aromatic rings. The highest BCUT2D eigenvalue weighted by Crippen LogP contribution is 2.28. The van der Waals surface area contributed by atoms with Crippen LogP contribution in [0.4, 0.5) is 0 Å². The predicted molar refractivity (Wildman–Crippen MR) is 140 cm³/mol. The van der Waals surface area contributed by atoms with Gasteiger partial charge in [-0.05, 0) is 48.2 Å². The van der Waals surface area contributed by atoms with Crippen LogP contribution in [-0.4, -0.2) is 57.0 Å². The minimum Gasteiger partial charge on any atom is -0.484 e. The van der Waals surface area contributed by atoms with Crippen molar-refractivity contribution >= 4 is 28.7 Å². The number of carbonyl (C=O) groups is 3. The van der Waals surface area contributed by atoms with Crippen molar-refractivity contribution in [2.45, 2.75) is 18.9 Å². The van der Waals surface area contributed by atoms with Crippen molar-refractivity contribution in [1.29, 1.82) is 0 Å². The first-order valence-electron chi connectivity index (χ1n) is 12.1. The van der Waals surface area contributed by atoms with Crippen LogP contribution < -0.4 is 16.0 Å². The number of hydrazine groups is 1. The second-order valence-electron chi connectivity index (χ2n) is 8.90. The van der Waals surface area contributed by atoms with Crippen LogP contribution >= 0.6 is 0 Å². The Morgan fingerprint density at radius 1 is 1.03 bits per heavy atom. The number of likely N-dealkylation sites (tertiary alicyclic amines) is 1. The molecule has 0 unspecified atom stereocenters. The molecule has 1 atom stereocenters. The van der Waals surface area contributed by atoms with Crippen LogP contribution in [0.15, 0.2) is 73.1 Å². The molecule has 0 radical (unpaired) electrons. The summed E-state index contributed by atoms with van der Waals surface area (Å²) in [6.07, 6.45) is 4.35. The highest BCUT2D eigenvalue weighted by molar-refractivity contribution is 6.06. The molecule has 3 heterocycles. The molecule has 1 fully saturated rings. The highest BCUT2D eigenvalue weighted by Gasteiger charge is 2.33. The molecule has 4 N–H and O–H groups in total. The van der Waals surface area contributed by atoms with Gasteiger partial charge in [-0.15, -0.1) is 0 Å². The molecule has 1 aliphatic rings. The van der Waals surface area contributed by atoms with Gasteiger partial charge in [0.25, 0.3) is 11.8 Å². The van der Waals surface area contributed by atoms with Gasteiger partial charge in [0.1, 0.15) is 11.8 Å². The Labute approximate surface area is 218 Å². The average Bonchev–Trinajstić information content (AvgIpc) is 3.46. The summed E-state index contributed by atoms with van der Waals surface area (Å²) in [6.45, 7) is 0.221. The summed E-state index contributed by atoms with van der Waals surface area (Å²) in [5, 5.41) is 9.88. The first kappa shape index (κ1) is 24.8. The lowest BCUT2D eigenvalue weighted by molar-refractivity contribution is -0.148. The number of aliphatic carboxylic acids is 1. The number of nitrogens with two attached hydrogens (primary N) is 1. The molecule has 1 saturated heterocycles. The number of carboxylic acid groups (broad SMARTS) is 1. The van der Waals surface area contributed by atoms with E-state index in [4.69, 9.17) is 10.6 Å². The summed E-state index contributed by atoms with van der Waals surface area (Å²) >= 11 is 0. The van der Waals surface area contributed by atoms with E-state index in [0.29, 0.717) is 47.3 Å². The van der Waals surface area contributed by atoms with E-state index < -0.39 is 17.9 Å². The van der Waals surface area contributed by atoms with Crippen molar-refractivity contribution in [2.24, 2.45) is 5.84 Å². The van der Waals surface area contributed by atoms with Crippen LogP contribution in [0, 0.1) is 0 Å². The van der Waals surface area contributed by atoms with E-state index in [9.17, 15) is 19.5 Å². The van der Waals surface area contributed by atoms with Gasteiger partial charge in [0, 0.05) is 29.9 Å². The smallest absolute Gasteiger partial charge is 0.326 e. The predicted octanol–water partition coefficient (Wildman–Crippen LogP) is 3.02. The second kappa shape index (κ2) is 10.7. The number of benzene rings is 2. The standard InChI is InChI=1S/C28H25N5O5/c29-32-27(35)21-14-24(31-23-11-12-30-15-22(21)23)19-5-3-17(4-6-19)18-7-9-20(10-8-18)38-16-26(34)33-13-1-2-25(33)28(36)37/h3-12,14-15,25H,1-2,13,16,29H2,(H,32,35)(H,36,37)/t25-/m1/s1. The molecular weight excluding hydrogens is 486 g/mol. The molecule has 5 rings (SSSR count). The van der Waals surface area contributed by atoms with Crippen LogP contribution in [0.2, 0.25) is 0 Å². The van der Waals surface area contributed by atoms with Gasteiger partial charge >= 0.3 is 5.97 Å². The van der Waals surface area contributed by atoms with Gasteiger partial charge in [0.05, 0.1) is 16.8 Å². The van der Waals surface area contributed by atoms with Crippen molar-refractivity contribution in [3.63, 3.8) is 0 Å². The van der Waals surface area contributed by atoms with E-state index >= 15 is 0 Å². The zero-order valence-electron chi connectivity index (χ0n) is 20.3. The Kier molecular flexibility index (Phi) is 6.96. The van der Waals surface area contributed by atoms with Crippen molar-refractivity contribution in [3.8, 4) is 28.1 Å². The number of hydrogen-bond acceptors (Lipinski definition) is 7. The number of nitrogens with zero attached hydrogens (tertiary/aromatic N) is 3. The Balaban J connectivity index is 1.29. The van der Waals surface area contributed by atoms with E-state index in [2.05, 4.69) is 15.4 Å². The molecule has 38 heavy (non-hydrogen) atoms. The maximum atomic E-state index is 12.4. The van der Waals surface area contributed by atoms with Gasteiger partial charge in [-0.2, -0.15) is 0 Å². The number of nitrogens with one attached hydrogen (secondary N) is 1. The third kappa shape index (κ3) is 5.02. The Morgan fingerprint density at radius 3 is 2.39 bits per heavy atom. The molecule has 2 aromatic heterocycles. The molecule has 10 nitrogen and oxygen atoms in total. The zero-order chi connectivity index (χ0) is 26.6. The van der Waals surface area contributed by atoms with Crippen LogP contribution in [0.5, 0.6) is 5.75 Å². The lowest BCUT2D eigenvalue weighted by Crippen LogP contribution is -2.42. The molecular formula is C28H25N5O5. The number of amides is 2. The number of carboxylic acids is 1. The van der Waals surface area contributed by atoms with Crippen molar-refractivity contribution < 1.29 is 24.2 Å². The fraction of sp³-hybridized carbons (Fsp3) is 0.179. The van der Waals surface area contributed by atoms with Gasteiger partial charge in [-0.1, -0.05) is 36.4 Å². The SMILES string of the molecule is NNC(=O)c1cc(-c2ccc(-c3ccc(OCC(=O)N4CCC[C@@H]4C(=O)O)cc3)cc2)nc2ccncc12. The summed E-state index contributed by atoms with van der Waals surface area (Å²) in [7, 11) is 0. The Hall–Kier alpha value is -4.83. The van der Waals surface area contributed by atoms with Crippen molar-refractivity contribution in [1.82, 2.24) is 20.3 Å². The lowest BCUT2D eigenvalue weighted by Gasteiger charge is -2.21. The van der Waals surface area contributed by atoms with E-state index in [-0.39, 0.29) is 12.5 Å². The average molecular weight is 512 g/mol. The number of rotatable bonds is 7. The zero-order valence-corrected chi connectivity index (χ0v) is 20.3. The minimum atomic E-state index is -0.985. The summed E-state index contributed by atoms with van der Waals surface area (Å²) in [6, 6.07) is 17.7. The molecule has 0 spiro atoms. The van der Waals surface area contributed by atoms with E-state index in [0.717, 1.165) is 16.7 Å². The fourth-order valence-corrected chi connectivity index (χ4v) is 4.61. The maximum Gasteiger partial charge on any atom is 0.326 e. The summed E-state index contributed by atoms with van der Waals surface area (Å²) < 4.78 is 5.61. The number of fused-ring (bicyclic) bond motifs is 1. The van der Waals surface area contributed by atoms with Gasteiger partial charge in [0.2, 0.25) is 0 Å². The van der Waals surface area contributed by atoms with Crippen LogP contribution in [0.1, 0.15) is 23.2 Å². The molecule has 0 aliphatic carbocycles. The summed E-state index contributed by atoms with van der Waals surface area (Å²) in [5.41, 5.74) is 6.57. The minimum absolute atomic E-state index is 0.211. The highest BCUT2D eigenvalue weighted by atomic mass is 16.5. The normalized spacial score (nSPS) is 14.9. The number of aromatic nitrogens is 2. The van der Waals surface area contributed by atoms with Gasteiger partial charge in [0.15, 0.2) is 6.61 Å². The van der Waals surface area contributed by atoms with Gasteiger partial charge in [-0.25, -0.2) is 15.6 Å². The van der Waals surface area contributed by atoms with Gasteiger partial charge in [-0.3, -0.25) is 20.0 Å². The van der Waals surface area contributed by atoms with Gasteiger partial charge < -0.3 is 14.7 Å². The Bertz CT molecular complexity index is 1500. The van der Waals surface area contributed by atoms with Crippen molar-refractivity contribution in [2.75, 3.05) is 13.2 Å². The topological polar surface area (TPSA) is 148 Å². The van der Waals surface area contributed by atoms with Crippen LogP contribution in [-0.2, 0) is 9.59 Å². The summed E-state index contributed by atoms with van der Waals surface area (Å²) in [4.78, 5) is 46.2. The number of hydrogen-bond donors (Lipinski definition) is 3. The monoisotopic (exact) mass is 511 g/mol. The number of pyridine rings is 2. The molecule has 1 aliphatic heterocycles. The third-order valence-corrected chi connectivity index (χ3v) is 6.57. The largest absolute Gasteiger partial charge is 0.484 e. The van der Waals surface area contributed by atoms with Crippen molar-refractivity contribution in [3.05, 3.63) is 78.6 Å². The molecule has 0 saturated carbocycles. The van der Waals surface area contributed by atoms with Crippen LogP contribution in [0.25, 0.3) is 33.3 Å². The van der Waals surface area contributed by atoms with E-state index in [1.165, 1.54) is 4.90 Å². The molecule has 192 valence electrons. The molecule has 10 heteroatoms. The molecule has 2 amide bonds. The number of carbonyl (C=O) groups excluding carboxylic acids is 2. The number of nitrogen functional groups attached to an aromatic ring is 1. The maximum absolute atomic E-state index is 12.4. The quantitative estimate of drug-likeness (QED) is 0.195. The summed E-state index contributed by atoms with van der Waals surface area (Å²) in [5.74, 6) is 4.15. The first-order chi connectivity index (χ1) is 18.4. The second-order valence-corrected chi connectivity index (χ2v) is 8.90. The molecule has 0 bridgehead atoms. The Morgan fingerprint density at radius 2 is 1.71 bits per heavy atom. The lowest BCUT2D eigenvalue weighted by atomic mass is 10.0. The third-order valence-electron chi connectivity index (χ3n) is 6.57. The fourth-order valence-electron chi connectivity index (χ4n) is 4.61. The molecule has 2 aromatic carbocycles. The van der Waals surface area contributed by atoms with E-state index in [1.54, 1.807) is 36.7 Å².